The molecule has 6 N–H and O–H groups in total. The Morgan fingerprint density at radius 3 is 2.13 bits per heavy atom. The summed E-state index contributed by atoms with van der Waals surface area (Å²) in [4.78, 5) is 36.1. The summed E-state index contributed by atoms with van der Waals surface area (Å²) in [6.45, 7) is 2.13. The molecule has 0 radical (unpaired) electrons. The number of aliphatic carboxylic acids is 2. The Morgan fingerprint density at radius 1 is 0.648 bits per heavy atom. The number of nitrogens with two attached hydrogens (primary N) is 2. The molecule has 0 aliphatic heterocycles. The fourth-order valence-electron chi connectivity index (χ4n) is 8.76. The number of carboxylic acid groups (broad SMARTS) is 2. The number of fused-ring (bicyclic) bond motifs is 2. The Labute approximate surface area is 407 Å². The minimum Gasteiger partial charge on any atom is -0.497 e. The fraction of sp³-hybridized carbons (Fsp3) is 0.179. The van der Waals surface area contributed by atoms with Crippen molar-refractivity contribution in [3.05, 3.63) is 173 Å². The van der Waals surface area contributed by atoms with E-state index < -0.39 is 11.9 Å². The predicted molar refractivity (Wildman–Crippen MR) is 266 cm³/mol. The van der Waals surface area contributed by atoms with Gasteiger partial charge in [0.2, 0.25) is 0 Å². The number of ether oxygens (including phenoxy) is 4. The van der Waals surface area contributed by atoms with Gasteiger partial charge in [0.05, 0.1) is 26.2 Å². The van der Waals surface area contributed by atoms with E-state index in [0.717, 1.165) is 55.5 Å². The van der Waals surface area contributed by atoms with Crippen molar-refractivity contribution in [2.24, 2.45) is 18.5 Å². The van der Waals surface area contributed by atoms with Gasteiger partial charge in [-0.25, -0.2) is 0 Å². The number of para-hydroxylation sites is 1. The number of carbonyl (C=O) groups is 3. The maximum atomic E-state index is 12.9. The second-order valence-corrected chi connectivity index (χ2v) is 17.0. The second kappa shape index (κ2) is 20.5. The molecule has 3 aromatic heterocycles. The van der Waals surface area contributed by atoms with Crippen LogP contribution < -0.4 is 30.4 Å². The van der Waals surface area contributed by atoms with E-state index in [-0.39, 0.29) is 50.8 Å². The molecule has 0 bridgehead atoms. The number of furan rings is 2. The fourth-order valence-corrected chi connectivity index (χ4v) is 8.76. The van der Waals surface area contributed by atoms with Crippen LogP contribution in [0.2, 0.25) is 0 Å². The molecule has 0 saturated heterocycles. The first-order valence-corrected chi connectivity index (χ1v) is 22.7. The molecule has 9 rings (SSSR count). The third-order valence-corrected chi connectivity index (χ3v) is 12.2. The van der Waals surface area contributed by atoms with Crippen LogP contribution in [0.5, 0.6) is 23.0 Å². The number of aryl methyl sites for hydroxylation is 1. The number of nitrogens with zero attached hydrogens (tertiary/aromatic N) is 2. The molecule has 71 heavy (non-hydrogen) atoms. The lowest BCUT2D eigenvalue weighted by molar-refractivity contribution is -0.137. The van der Waals surface area contributed by atoms with Crippen LogP contribution >= 0.6 is 0 Å². The highest BCUT2D eigenvalue weighted by Crippen LogP contribution is 2.39. The molecule has 0 spiro atoms. The third-order valence-electron chi connectivity index (χ3n) is 12.2. The van der Waals surface area contributed by atoms with E-state index >= 15 is 0 Å². The predicted octanol–water partition coefficient (Wildman–Crippen LogP) is 10.0. The Hall–Kier alpha value is -8.66. The van der Waals surface area contributed by atoms with Crippen molar-refractivity contribution >= 4 is 39.7 Å². The maximum absolute atomic E-state index is 12.9. The third kappa shape index (κ3) is 10.2. The van der Waals surface area contributed by atoms with Gasteiger partial charge < -0.3 is 49.5 Å². The van der Waals surface area contributed by atoms with Crippen molar-refractivity contribution in [2.45, 2.75) is 52.7 Å². The molecule has 360 valence electrons. The van der Waals surface area contributed by atoms with Gasteiger partial charge in [0.1, 0.15) is 48.3 Å². The van der Waals surface area contributed by atoms with Crippen molar-refractivity contribution in [3.8, 4) is 56.4 Å². The molecular formula is C56H50N4O11. The molecule has 15 nitrogen and oxygen atoms in total. The molecule has 0 aliphatic rings. The first kappa shape index (κ1) is 47.4. The molecule has 9 aromatic rings. The number of carbonyl (C=O) groups excluding carboxylic acids is 1. The normalized spacial score (nSPS) is 11.3. The molecular weight excluding hydrogens is 905 g/mol. The van der Waals surface area contributed by atoms with Gasteiger partial charge in [-0.1, -0.05) is 60.7 Å². The number of Topliss-reactive ketones (excluding diaryl/α,β-unsaturated/α-hetero) is 1. The molecule has 0 saturated carbocycles. The van der Waals surface area contributed by atoms with Gasteiger partial charge in [-0.15, -0.1) is 0 Å². The molecule has 0 amide bonds. The highest BCUT2D eigenvalue weighted by molar-refractivity contribution is 6.00. The SMILES string of the molecule is COc1ccc(CC(=O)O)c(OCc2c(C(C)=O)oc3ccc(-c4ccc(-c5cn(C)nc5COc5cc(-c6cccc(CN)c6)cc6c(COc7ccccc7CC(=O)O)coc56)c(CN)c4)cc23)c1. The van der Waals surface area contributed by atoms with Crippen LogP contribution in [-0.4, -0.2) is 44.8 Å². The molecule has 0 fully saturated rings. The molecule has 0 unspecified atom stereocenters. The van der Waals surface area contributed by atoms with E-state index in [9.17, 15) is 24.6 Å². The Morgan fingerprint density at radius 2 is 1.37 bits per heavy atom. The van der Waals surface area contributed by atoms with Gasteiger partial charge >= 0.3 is 11.9 Å². The summed E-state index contributed by atoms with van der Waals surface area (Å²) in [5, 5.41) is 25.3. The summed E-state index contributed by atoms with van der Waals surface area (Å²) in [5.74, 6) is -0.336. The zero-order valence-electron chi connectivity index (χ0n) is 39.2. The van der Waals surface area contributed by atoms with Crippen LogP contribution in [0.3, 0.4) is 0 Å². The van der Waals surface area contributed by atoms with Gasteiger partial charge in [0.15, 0.2) is 22.9 Å². The van der Waals surface area contributed by atoms with E-state index in [4.69, 9.17) is 44.3 Å². The van der Waals surface area contributed by atoms with Crippen LogP contribution in [0.15, 0.2) is 137 Å². The van der Waals surface area contributed by atoms with Crippen molar-refractivity contribution in [1.82, 2.24) is 9.78 Å². The van der Waals surface area contributed by atoms with E-state index in [1.807, 2.05) is 86.0 Å². The zero-order valence-corrected chi connectivity index (χ0v) is 39.2. The first-order valence-electron chi connectivity index (χ1n) is 22.7. The zero-order chi connectivity index (χ0) is 49.8. The van der Waals surface area contributed by atoms with Gasteiger partial charge in [0, 0.05) is 77.9 Å². The number of carboxylic acids is 2. The largest absolute Gasteiger partial charge is 0.497 e. The number of rotatable bonds is 20. The molecule has 0 atom stereocenters. The van der Waals surface area contributed by atoms with Crippen LogP contribution in [0.4, 0.5) is 0 Å². The second-order valence-electron chi connectivity index (χ2n) is 17.0. The van der Waals surface area contributed by atoms with E-state index in [1.165, 1.54) is 14.0 Å². The van der Waals surface area contributed by atoms with Gasteiger partial charge in [-0.2, -0.15) is 5.10 Å². The van der Waals surface area contributed by atoms with Crippen LogP contribution in [0, 0.1) is 0 Å². The van der Waals surface area contributed by atoms with E-state index in [0.29, 0.717) is 68.5 Å². The Kier molecular flexibility index (Phi) is 13.7. The van der Waals surface area contributed by atoms with Gasteiger partial charge in [0.25, 0.3) is 0 Å². The van der Waals surface area contributed by atoms with Crippen LogP contribution in [0.1, 0.15) is 56.6 Å². The molecule has 6 aromatic carbocycles. The monoisotopic (exact) mass is 954 g/mol. The standard InChI is InChI=1S/C56H50N4O11/c1-32(61)55-47(30-68-51-24-42(66-3)14-11-38(51)23-54(64)65)45-19-36(13-16-50(45)71-55)35-12-15-43(40(18-35)26-58)46-27-60(2)59-48(46)31-69-52-21-39(34-9-6-7-33(17-34)25-57)20-44-41(29-70-56(44)52)28-67-49-10-5-4-8-37(49)22-53(62)63/h4-21,24,27,29H,22-23,25-26,28,30-31,57-58H2,1-3H3,(H,62,63)(H,64,65). The highest BCUT2D eigenvalue weighted by Gasteiger charge is 2.23. The van der Waals surface area contributed by atoms with E-state index in [1.54, 1.807) is 53.4 Å². The summed E-state index contributed by atoms with van der Waals surface area (Å²) in [6, 6.07) is 35.6. The minimum absolute atomic E-state index is 0.0675. The van der Waals surface area contributed by atoms with Crippen LogP contribution in [0.25, 0.3) is 55.3 Å². The lowest BCUT2D eigenvalue weighted by Crippen LogP contribution is -2.06. The van der Waals surface area contributed by atoms with Crippen molar-refractivity contribution < 1.29 is 52.4 Å². The van der Waals surface area contributed by atoms with E-state index in [2.05, 4.69) is 0 Å². The molecule has 15 heteroatoms. The summed E-state index contributed by atoms with van der Waals surface area (Å²) in [6.07, 6.45) is 3.12. The summed E-state index contributed by atoms with van der Waals surface area (Å²) >= 11 is 0. The summed E-state index contributed by atoms with van der Waals surface area (Å²) < 4.78 is 38.4. The lowest BCUT2D eigenvalue weighted by atomic mass is 9.94. The number of methoxy groups -OCH3 is 1. The quantitative estimate of drug-likeness (QED) is 0.0522. The maximum Gasteiger partial charge on any atom is 0.307 e. The van der Waals surface area contributed by atoms with Crippen molar-refractivity contribution in [3.63, 3.8) is 0 Å². The molecule has 3 heterocycles. The topological polar surface area (TPSA) is 225 Å². The van der Waals surface area contributed by atoms with Gasteiger partial charge in [-0.3, -0.25) is 19.1 Å². The number of hydrogen-bond acceptors (Lipinski definition) is 12. The summed E-state index contributed by atoms with van der Waals surface area (Å²) in [5.41, 5.74) is 23.5. The first-order chi connectivity index (χ1) is 34.4. The Bertz CT molecular complexity index is 3480. The Balaban J connectivity index is 1.01. The average molecular weight is 955 g/mol. The molecule has 0 aliphatic carbocycles. The summed E-state index contributed by atoms with van der Waals surface area (Å²) in [7, 11) is 3.36. The smallest absolute Gasteiger partial charge is 0.307 e. The number of benzene rings is 6. The van der Waals surface area contributed by atoms with Crippen molar-refractivity contribution in [1.29, 1.82) is 0 Å². The van der Waals surface area contributed by atoms with Crippen LogP contribution in [-0.2, 0) is 62.4 Å². The highest BCUT2D eigenvalue weighted by atomic mass is 16.5. The van der Waals surface area contributed by atoms with Gasteiger partial charge in [-0.05, 0) is 87.5 Å². The number of aromatic nitrogens is 2. The number of ketones is 1. The van der Waals surface area contributed by atoms with Crippen molar-refractivity contribution in [2.75, 3.05) is 7.11 Å². The minimum atomic E-state index is -1.01. The average Bonchev–Trinajstić information content (AvgIpc) is 4.08. The number of hydrogen-bond donors (Lipinski definition) is 4. The lowest BCUT2D eigenvalue weighted by Gasteiger charge is -2.13.